The number of H-pyrrole nitrogens is 1. The minimum Gasteiger partial charge on any atom is -0.480 e. The molecule has 0 radical (unpaired) electrons. The number of aliphatic carboxylic acids is 1. The molecule has 14 N–H and O–H groups in total. The Kier molecular flexibility index (Phi) is 22.0. The molecular weight excluding hydrogens is 819 g/mol. The Bertz CT molecular complexity index is 1720. The van der Waals surface area contributed by atoms with Gasteiger partial charge in [0.1, 0.15) is 42.3 Å². The maximum Gasteiger partial charge on any atom is 0.326 e. The highest BCUT2D eigenvalue weighted by atomic mass is 16.4. The molecule has 22 heteroatoms. The summed E-state index contributed by atoms with van der Waals surface area (Å²) in [6.45, 7) is 14.5. The van der Waals surface area contributed by atoms with Crippen molar-refractivity contribution in [2.45, 2.75) is 155 Å². The highest BCUT2D eigenvalue weighted by Crippen LogP contribution is 2.20. The third kappa shape index (κ3) is 18.6. The lowest BCUT2D eigenvalue weighted by molar-refractivity contribution is -0.149. The van der Waals surface area contributed by atoms with Gasteiger partial charge in [0, 0.05) is 25.7 Å². The van der Waals surface area contributed by atoms with Crippen molar-refractivity contribution in [3.8, 4) is 0 Å². The van der Waals surface area contributed by atoms with Crippen LogP contribution >= 0.6 is 0 Å². The second-order valence-electron chi connectivity index (χ2n) is 17.5. The van der Waals surface area contributed by atoms with E-state index in [-0.39, 0.29) is 75.3 Å². The number of aromatic nitrogens is 2. The van der Waals surface area contributed by atoms with Crippen molar-refractivity contribution in [2.75, 3.05) is 13.1 Å². The maximum atomic E-state index is 13.9. The third-order valence-corrected chi connectivity index (χ3v) is 10.3. The van der Waals surface area contributed by atoms with Crippen molar-refractivity contribution in [3.63, 3.8) is 0 Å². The zero-order chi connectivity index (χ0) is 47.6. The minimum absolute atomic E-state index is 0.000161. The number of hydrogen-bond donors (Lipinski definition) is 12. The Morgan fingerprint density at radius 3 is 1.75 bits per heavy atom. The molecule has 354 valence electrons. The average molecular weight is 890 g/mol. The first-order chi connectivity index (χ1) is 29.5. The topological polar surface area (TPSA) is 349 Å². The third-order valence-electron chi connectivity index (χ3n) is 10.3. The van der Waals surface area contributed by atoms with Crippen molar-refractivity contribution in [1.29, 1.82) is 5.41 Å². The van der Waals surface area contributed by atoms with Crippen LogP contribution in [-0.2, 0) is 44.8 Å². The first kappa shape index (κ1) is 53.3. The van der Waals surface area contributed by atoms with Crippen LogP contribution in [0.3, 0.4) is 0 Å². The van der Waals surface area contributed by atoms with Crippen LogP contribution in [0.5, 0.6) is 0 Å². The molecule has 1 fully saturated rings. The molecule has 1 aliphatic heterocycles. The van der Waals surface area contributed by atoms with Gasteiger partial charge < -0.3 is 63.7 Å². The highest BCUT2D eigenvalue weighted by Gasteiger charge is 2.38. The lowest BCUT2D eigenvalue weighted by atomic mass is 9.98. The molecule has 1 aromatic rings. The number of carboxylic acid groups (broad SMARTS) is 1. The van der Waals surface area contributed by atoms with Crippen molar-refractivity contribution >= 4 is 53.3 Å². The van der Waals surface area contributed by atoms with Crippen LogP contribution in [0.2, 0.25) is 0 Å². The van der Waals surface area contributed by atoms with E-state index in [4.69, 9.17) is 16.9 Å². The van der Waals surface area contributed by atoms with Gasteiger partial charge in [-0.1, -0.05) is 41.5 Å². The summed E-state index contributed by atoms with van der Waals surface area (Å²) in [5, 5.41) is 35.5. The van der Waals surface area contributed by atoms with Crippen LogP contribution in [0.25, 0.3) is 0 Å². The second kappa shape index (κ2) is 26.0. The number of hydrogen-bond acceptors (Lipinski definition) is 11. The summed E-state index contributed by atoms with van der Waals surface area (Å²) in [6, 6.07) is -8.87. The first-order valence-electron chi connectivity index (χ1n) is 21.7. The van der Waals surface area contributed by atoms with Crippen LogP contribution in [0, 0.1) is 23.2 Å². The van der Waals surface area contributed by atoms with Gasteiger partial charge >= 0.3 is 5.97 Å². The van der Waals surface area contributed by atoms with Crippen LogP contribution in [0.1, 0.15) is 106 Å². The number of amides is 7. The molecule has 0 saturated carbocycles. The summed E-state index contributed by atoms with van der Waals surface area (Å²) in [5.74, 6) is -6.03. The molecule has 2 rings (SSSR count). The standard InChI is InChI=1S/C41H71N13O9/c1-21(2)15-27(42)35(57)51-29(16-22(3)4)37(59)52-30(17-23(5)6)38(60)53-31(18-26-19-45-20-47-26)36(58)49-24(7)33(55)48-25(8)34(56)50-28(11-9-13-46-41(43)44)39(61)54-14-10-12-32(54)40(62)63/h19-25,27-32H,9-18,42H2,1-8H3,(H,45,47)(H,48,55)(H,49,58)(H,50,56)(H,51,57)(H,52,59)(H,53,60)(H,62,63)(H4,43,44,46)/t24-,25-,27-,28-,29-,30-,31-,32-/m0/s1. The molecule has 8 atom stereocenters. The SMILES string of the molecule is CC(C)C[C@H](NC(=O)[C@H](CC(C)C)NC(=O)[C@@H](N)CC(C)C)C(=O)N[C@@H](Cc1c[nH]cn1)C(=O)N[C@@H](C)C(=O)N[C@@H](C)C(=O)N[C@@H](CCCNC(=N)N)C(=O)N1CCC[C@H]1C(=O)O. The van der Waals surface area contributed by atoms with E-state index < -0.39 is 95.7 Å². The zero-order valence-electron chi connectivity index (χ0n) is 37.8. The number of imidazole rings is 1. The van der Waals surface area contributed by atoms with Gasteiger partial charge in [-0.05, 0) is 76.5 Å². The number of carbonyl (C=O) groups is 8. The smallest absolute Gasteiger partial charge is 0.326 e. The number of likely N-dealkylation sites (tertiary alicyclic amines) is 1. The minimum atomic E-state index is -1.28. The van der Waals surface area contributed by atoms with Gasteiger partial charge in [-0.3, -0.25) is 39.0 Å². The predicted molar refractivity (Wildman–Crippen MR) is 233 cm³/mol. The van der Waals surface area contributed by atoms with Crippen molar-refractivity contribution in [3.05, 3.63) is 18.2 Å². The second-order valence-corrected chi connectivity index (χ2v) is 17.5. The van der Waals surface area contributed by atoms with Gasteiger partial charge in [0.2, 0.25) is 41.4 Å². The largest absolute Gasteiger partial charge is 0.480 e. The fourth-order valence-electron chi connectivity index (χ4n) is 7.02. The zero-order valence-corrected chi connectivity index (χ0v) is 37.8. The molecule has 1 aliphatic rings. The Hall–Kier alpha value is -5.80. The van der Waals surface area contributed by atoms with Gasteiger partial charge in [-0.25, -0.2) is 9.78 Å². The highest BCUT2D eigenvalue weighted by molar-refractivity contribution is 5.97. The van der Waals surface area contributed by atoms with Gasteiger partial charge in [-0.15, -0.1) is 0 Å². The van der Waals surface area contributed by atoms with Crippen LogP contribution in [0.15, 0.2) is 12.5 Å². The normalized spacial score (nSPS) is 17.1. The Labute approximate surface area is 369 Å². The number of guanidine groups is 1. The summed E-state index contributed by atoms with van der Waals surface area (Å²) >= 11 is 0. The number of rotatable bonds is 26. The average Bonchev–Trinajstić information content (AvgIpc) is 3.90. The van der Waals surface area contributed by atoms with Gasteiger partial charge in [0.25, 0.3) is 0 Å². The van der Waals surface area contributed by atoms with E-state index in [1.54, 1.807) is 0 Å². The summed E-state index contributed by atoms with van der Waals surface area (Å²) in [7, 11) is 0. The number of carboxylic acids is 1. The van der Waals surface area contributed by atoms with Gasteiger partial charge in [-0.2, -0.15) is 0 Å². The molecule has 0 aromatic carbocycles. The van der Waals surface area contributed by atoms with E-state index in [0.717, 1.165) is 0 Å². The summed E-state index contributed by atoms with van der Waals surface area (Å²) in [4.78, 5) is 115. The van der Waals surface area contributed by atoms with E-state index in [2.05, 4.69) is 47.2 Å². The molecule has 22 nitrogen and oxygen atoms in total. The lowest BCUT2D eigenvalue weighted by Crippen LogP contribution is -2.60. The molecule has 0 aliphatic carbocycles. The summed E-state index contributed by atoms with van der Waals surface area (Å²) < 4.78 is 0. The summed E-state index contributed by atoms with van der Waals surface area (Å²) in [6.07, 6.45) is 4.79. The van der Waals surface area contributed by atoms with Crippen LogP contribution < -0.4 is 48.7 Å². The van der Waals surface area contributed by atoms with E-state index in [0.29, 0.717) is 18.5 Å². The van der Waals surface area contributed by atoms with Crippen LogP contribution in [-0.4, -0.2) is 135 Å². The number of nitrogens with two attached hydrogens (primary N) is 2. The fourth-order valence-corrected chi connectivity index (χ4v) is 7.02. The molecular formula is C41H71N13O9. The van der Waals surface area contributed by atoms with E-state index in [9.17, 15) is 43.5 Å². The number of nitrogens with one attached hydrogen (secondary N) is 9. The quantitative estimate of drug-likeness (QED) is 0.0293. The number of aromatic amines is 1. The van der Waals surface area contributed by atoms with E-state index in [1.165, 1.54) is 31.3 Å². The number of nitrogens with zero attached hydrogens (tertiary/aromatic N) is 2. The van der Waals surface area contributed by atoms with E-state index >= 15 is 0 Å². The summed E-state index contributed by atoms with van der Waals surface area (Å²) in [5.41, 5.74) is 11.8. The molecule has 0 unspecified atom stereocenters. The molecule has 0 bridgehead atoms. The van der Waals surface area contributed by atoms with Crippen molar-refractivity contribution in [1.82, 2.24) is 52.1 Å². The molecule has 1 aromatic heterocycles. The lowest BCUT2D eigenvalue weighted by Gasteiger charge is -2.28. The van der Waals surface area contributed by atoms with Gasteiger partial charge in [0.15, 0.2) is 5.96 Å². The van der Waals surface area contributed by atoms with Crippen LogP contribution in [0.4, 0.5) is 0 Å². The van der Waals surface area contributed by atoms with Crippen molar-refractivity contribution < 1.29 is 43.5 Å². The molecule has 63 heavy (non-hydrogen) atoms. The monoisotopic (exact) mass is 890 g/mol. The van der Waals surface area contributed by atoms with E-state index in [1.807, 2.05) is 41.5 Å². The number of carbonyl (C=O) groups excluding carboxylic acids is 7. The van der Waals surface area contributed by atoms with Crippen molar-refractivity contribution in [2.24, 2.45) is 29.2 Å². The Balaban J connectivity index is 2.20. The Morgan fingerprint density at radius 1 is 0.746 bits per heavy atom. The molecule has 7 amide bonds. The Morgan fingerprint density at radius 2 is 1.24 bits per heavy atom. The fraction of sp³-hybridized carbons (Fsp3) is 0.707. The van der Waals surface area contributed by atoms with Gasteiger partial charge in [0.05, 0.1) is 18.1 Å². The molecule has 0 spiro atoms. The molecule has 1 saturated heterocycles. The maximum absolute atomic E-state index is 13.9. The first-order valence-corrected chi connectivity index (χ1v) is 21.7. The predicted octanol–water partition coefficient (Wildman–Crippen LogP) is -1.29. The molecule has 2 heterocycles.